The number of nitrogens with zero attached hydrogens (tertiary/aromatic N) is 3. The molecule has 0 atom stereocenters. The number of rotatable bonds is 2. The predicted octanol–water partition coefficient (Wildman–Crippen LogP) is 2.97. The first kappa shape index (κ1) is 12.8. The fourth-order valence-corrected chi connectivity index (χ4v) is 2.26. The average molecular weight is 332 g/mol. The Morgan fingerprint density at radius 3 is 2.95 bits per heavy atom. The second kappa shape index (κ2) is 5.05. The predicted molar refractivity (Wildman–Crippen MR) is 77.9 cm³/mol. The summed E-state index contributed by atoms with van der Waals surface area (Å²) in [5.74, 6) is -0.370. The van der Waals surface area contributed by atoms with E-state index in [0.717, 1.165) is 21.5 Å². The van der Waals surface area contributed by atoms with E-state index >= 15 is 0 Å². The molecule has 0 saturated carbocycles. The highest BCUT2D eigenvalue weighted by atomic mass is 79.9. The summed E-state index contributed by atoms with van der Waals surface area (Å²) in [6.45, 7) is 0. The molecule has 100 valence electrons. The van der Waals surface area contributed by atoms with Crippen LogP contribution in [-0.2, 0) is 4.74 Å². The van der Waals surface area contributed by atoms with Crippen LogP contribution in [0.3, 0.4) is 0 Å². The van der Waals surface area contributed by atoms with E-state index < -0.39 is 0 Å². The van der Waals surface area contributed by atoms with E-state index in [2.05, 4.69) is 25.9 Å². The van der Waals surface area contributed by atoms with Crippen LogP contribution in [-0.4, -0.2) is 27.6 Å². The molecule has 0 aliphatic heterocycles. The number of pyridine rings is 1. The van der Waals surface area contributed by atoms with Gasteiger partial charge in [0.2, 0.25) is 0 Å². The van der Waals surface area contributed by atoms with Gasteiger partial charge in [-0.25, -0.2) is 14.8 Å². The standard InChI is InChI=1S/C14H10BrN3O2/c1-20-14(19)9-3-2-4-10(7-9)18-8-16-11-5-6-12(15)17-13(11)18/h2-8H,1H3. The minimum atomic E-state index is -0.370. The van der Waals surface area contributed by atoms with Gasteiger partial charge in [-0.1, -0.05) is 6.07 Å². The zero-order chi connectivity index (χ0) is 14.1. The van der Waals surface area contributed by atoms with Gasteiger partial charge in [0, 0.05) is 5.69 Å². The highest BCUT2D eigenvalue weighted by molar-refractivity contribution is 9.10. The summed E-state index contributed by atoms with van der Waals surface area (Å²) in [5, 5.41) is 0. The van der Waals surface area contributed by atoms with E-state index in [1.54, 1.807) is 24.5 Å². The number of fused-ring (bicyclic) bond motifs is 1. The van der Waals surface area contributed by atoms with Crippen molar-refractivity contribution in [1.82, 2.24) is 14.5 Å². The van der Waals surface area contributed by atoms with E-state index in [-0.39, 0.29) is 5.97 Å². The zero-order valence-corrected chi connectivity index (χ0v) is 12.2. The van der Waals surface area contributed by atoms with Crippen molar-refractivity contribution in [3.8, 4) is 5.69 Å². The zero-order valence-electron chi connectivity index (χ0n) is 10.6. The lowest BCUT2D eigenvalue weighted by atomic mass is 10.2. The highest BCUT2D eigenvalue weighted by Gasteiger charge is 2.10. The molecule has 0 fully saturated rings. The minimum Gasteiger partial charge on any atom is -0.465 e. The number of carbonyl (C=O) groups excluding carboxylic acids is 1. The van der Waals surface area contributed by atoms with Gasteiger partial charge in [0.05, 0.1) is 12.7 Å². The van der Waals surface area contributed by atoms with E-state index in [1.165, 1.54) is 7.11 Å². The SMILES string of the molecule is COC(=O)c1cccc(-n2cnc3ccc(Br)nc32)c1. The monoisotopic (exact) mass is 331 g/mol. The number of carbonyl (C=O) groups is 1. The second-order valence-electron chi connectivity index (χ2n) is 4.13. The smallest absolute Gasteiger partial charge is 0.337 e. The number of ether oxygens (including phenoxy) is 1. The fraction of sp³-hybridized carbons (Fsp3) is 0.0714. The van der Waals surface area contributed by atoms with Crippen LogP contribution in [0.1, 0.15) is 10.4 Å². The Hall–Kier alpha value is -2.21. The Morgan fingerprint density at radius 1 is 1.30 bits per heavy atom. The molecule has 2 aromatic heterocycles. The van der Waals surface area contributed by atoms with E-state index in [4.69, 9.17) is 4.74 Å². The minimum absolute atomic E-state index is 0.370. The van der Waals surface area contributed by atoms with Crippen molar-refractivity contribution in [3.63, 3.8) is 0 Å². The Balaban J connectivity index is 2.16. The number of esters is 1. The summed E-state index contributed by atoms with van der Waals surface area (Å²) >= 11 is 3.35. The van der Waals surface area contributed by atoms with Gasteiger partial charge in [-0.15, -0.1) is 0 Å². The van der Waals surface area contributed by atoms with Gasteiger partial charge in [-0.3, -0.25) is 4.57 Å². The third-order valence-corrected chi connectivity index (χ3v) is 3.35. The van der Waals surface area contributed by atoms with Crippen molar-refractivity contribution in [1.29, 1.82) is 0 Å². The van der Waals surface area contributed by atoms with Gasteiger partial charge < -0.3 is 4.74 Å². The van der Waals surface area contributed by atoms with Crippen LogP contribution in [0.4, 0.5) is 0 Å². The molecule has 0 bridgehead atoms. The van der Waals surface area contributed by atoms with Gasteiger partial charge >= 0.3 is 5.97 Å². The summed E-state index contributed by atoms with van der Waals surface area (Å²) < 4.78 is 7.29. The number of aromatic nitrogens is 3. The molecule has 0 radical (unpaired) electrons. The first-order chi connectivity index (χ1) is 9.69. The topological polar surface area (TPSA) is 57.0 Å². The first-order valence-electron chi connectivity index (χ1n) is 5.87. The van der Waals surface area contributed by atoms with Gasteiger partial charge in [-0.05, 0) is 46.3 Å². The summed E-state index contributed by atoms with van der Waals surface area (Å²) in [5.41, 5.74) is 2.81. The first-order valence-corrected chi connectivity index (χ1v) is 6.66. The lowest BCUT2D eigenvalue weighted by molar-refractivity contribution is 0.0600. The Kier molecular flexibility index (Phi) is 3.23. The average Bonchev–Trinajstić information content (AvgIpc) is 2.89. The molecule has 1 aromatic carbocycles. The fourth-order valence-electron chi connectivity index (χ4n) is 1.96. The van der Waals surface area contributed by atoms with Crippen LogP contribution in [0, 0.1) is 0 Å². The molecule has 0 unspecified atom stereocenters. The molecule has 0 aliphatic rings. The molecular formula is C14H10BrN3O2. The van der Waals surface area contributed by atoms with Crippen molar-refractivity contribution in [2.45, 2.75) is 0 Å². The molecule has 0 N–H and O–H groups in total. The molecule has 5 nitrogen and oxygen atoms in total. The van der Waals surface area contributed by atoms with E-state index in [9.17, 15) is 4.79 Å². The molecule has 20 heavy (non-hydrogen) atoms. The number of methoxy groups -OCH3 is 1. The van der Waals surface area contributed by atoms with E-state index in [0.29, 0.717) is 5.56 Å². The van der Waals surface area contributed by atoms with Crippen LogP contribution in [0.15, 0.2) is 47.3 Å². The number of hydrogen-bond donors (Lipinski definition) is 0. The van der Waals surface area contributed by atoms with Gasteiger partial charge in [0.1, 0.15) is 16.4 Å². The third-order valence-electron chi connectivity index (χ3n) is 2.91. The summed E-state index contributed by atoms with van der Waals surface area (Å²) in [7, 11) is 1.36. The number of hydrogen-bond acceptors (Lipinski definition) is 4. The van der Waals surface area contributed by atoms with Crippen LogP contribution >= 0.6 is 15.9 Å². The lowest BCUT2D eigenvalue weighted by Crippen LogP contribution is -2.02. The summed E-state index contributed by atoms with van der Waals surface area (Å²) in [6.07, 6.45) is 1.68. The molecule has 0 amide bonds. The van der Waals surface area contributed by atoms with E-state index in [1.807, 2.05) is 22.8 Å². The maximum absolute atomic E-state index is 11.6. The van der Waals surface area contributed by atoms with Crippen LogP contribution < -0.4 is 0 Å². The third kappa shape index (κ3) is 2.18. The summed E-state index contributed by atoms with van der Waals surface area (Å²) in [4.78, 5) is 20.3. The number of imidazole rings is 1. The Bertz CT molecular complexity index is 798. The van der Waals surface area contributed by atoms with Crippen LogP contribution in [0.5, 0.6) is 0 Å². The molecule has 3 rings (SSSR count). The van der Waals surface area contributed by atoms with Crippen molar-refractivity contribution in [2.24, 2.45) is 0 Å². The molecule has 0 aliphatic carbocycles. The maximum Gasteiger partial charge on any atom is 0.337 e. The van der Waals surface area contributed by atoms with Crippen molar-refractivity contribution in [3.05, 3.63) is 52.9 Å². The largest absolute Gasteiger partial charge is 0.465 e. The van der Waals surface area contributed by atoms with Crippen molar-refractivity contribution in [2.75, 3.05) is 7.11 Å². The van der Waals surface area contributed by atoms with Crippen molar-refractivity contribution >= 4 is 33.1 Å². The molecule has 0 spiro atoms. The molecule has 6 heteroatoms. The van der Waals surface area contributed by atoms with Gasteiger partial charge in [0.25, 0.3) is 0 Å². The molecule has 2 heterocycles. The highest BCUT2D eigenvalue weighted by Crippen LogP contribution is 2.19. The quantitative estimate of drug-likeness (QED) is 0.535. The van der Waals surface area contributed by atoms with Crippen LogP contribution in [0.25, 0.3) is 16.9 Å². The number of halogens is 1. The Labute approximate surface area is 123 Å². The Morgan fingerprint density at radius 2 is 2.15 bits per heavy atom. The number of benzene rings is 1. The summed E-state index contributed by atoms with van der Waals surface area (Å²) in [6, 6.07) is 10.9. The van der Waals surface area contributed by atoms with Crippen molar-refractivity contribution < 1.29 is 9.53 Å². The lowest BCUT2D eigenvalue weighted by Gasteiger charge is -2.06. The second-order valence-corrected chi connectivity index (χ2v) is 4.95. The maximum atomic E-state index is 11.6. The normalized spacial score (nSPS) is 10.7. The molecule has 3 aromatic rings. The molecular weight excluding hydrogens is 322 g/mol. The van der Waals surface area contributed by atoms with Gasteiger partial charge in [0.15, 0.2) is 5.65 Å². The van der Waals surface area contributed by atoms with Gasteiger partial charge in [-0.2, -0.15) is 0 Å². The van der Waals surface area contributed by atoms with Crippen LogP contribution in [0.2, 0.25) is 0 Å². The molecule has 0 saturated heterocycles.